The lowest BCUT2D eigenvalue weighted by Gasteiger charge is -2.18. The zero-order valence-electron chi connectivity index (χ0n) is 21.3. The highest BCUT2D eigenvalue weighted by Crippen LogP contribution is 2.17. The van der Waals surface area contributed by atoms with Crippen molar-refractivity contribution < 1.29 is 14.0 Å². The van der Waals surface area contributed by atoms with Crippen molar-refractivity contribution in [3.05, 3.63) is 35.9 Å². The molecule has 0 saturated carbocycles. The highest BCUT2D eigenvalue weighted by Gasteiger charge is 2.15. The van der Waals surface area contributed by atoms with E-state index in [4.69, 9.17) is 9.16 Å². The molecule has 0 radical (unpaired) electrons. The van der Waals surface area contributed by atoms with Gasteiger partial charge in [-0.05, 0) is 49.8 Å². The zero-order chi connectivity index (χ0) is 23.5. The molecule has 0 atom stereocenters. The Morgan fingerprint density at radius 2 is 1.22 bits per heavy atom. The Morgan fingerprint density at radius 1 is 0.750 bits per heavy atom. The molecule has 0 unspecified atom stereocenters. The van der Waals surface area contributed by atoms with Crippen molar-refractivity contribution in [3.63, 3.8) is 0 Å². The van der Waals surface area contributed by atoms with Gasteiger partial charge in [0.15, 0.2) is 0 Å². The van der Waals surface area contributed by atoms with Crippen molar-refractivity contribution in [2.45, 2.75) is 116 Å². The molecule has 1 aromatic rings. The van der Waals surface area contributed by atoms with Gasteiger partial charge in [-0.1, -0.05) is 103 Å². The van der Waals surface area contributed by atoms with Crippen LogP contribution in [0.2, 0.25) is 19.6 Å². The lowest BCUT2D eigenvalue weighted by atomic mass is 10.0. The first-order chi connectivity index (χ1) is 15.4. The summed E-state index contributed by atoms with van der Waals surface area (Å²) < 4.78 is 11.3. The summed E-state index contributed by atoms with van der Waals surface area (Å²) in [7, 11) is -1.59. The molecule has 0 aliphatic heterocycles. The number of benzene rings is 1. The largest absolute Gasteiger partial charge is 0.544 e. The van der Waals surface area contributed by atoms with Gasteiger partial charge < -0.3 is 9.16 Å². The molecule has 0 aliphatic rings. The van der Waals surface area contributed by atoms with Crippen LogP contribution in [0.4, 0.5) is 0 Å². The fourth-order valence-corrected chi connectivity index (χ4v) is 4.53. The second-order valence-electron chi connectivity index (χ2n) is 9.88. The van der Waals surface area contributed by atoms with Crippen molar-refractivity contribution in [3.8, 4) is 5.75 Å². The van der Waals surface area contributed by atoms with Crippen LogP contribution in [0.15, 0.2) is 30.3 Å². The molecule has 0 aromatic heterocycles. The fourth-order valence-electron chi connectivity index (χ4n) is 3.68. The van der Waals surface area contributed by atoms with Gasteiger partial charge in [0.2, 0.25) is 8.32 Å². The van der Waals surface area contributed by atoms with Crippen molar-refractivity contribution in [1.29, 1.82) is 0 Å². The number of carbonyl (C=O) groups excluding carboxylic acids is 1. The Kier molecular flexibility index (Phi) is 16.0. The van der Waals surface area contributed by atoms with E-state index in [1.807, 2.05) is 24.3 Å². The van der Waals surface area contributed by atoms with E-state index in [0.29, 0.717) is 6.61 Å². The van der Waals surface area contributed by atoms with E-state index < -0.39 is 8.32 Å². The average Bonchev–Trinajstić information content (AvgIpc) is 2.75. The molecule has 1 rings (SSSR count). The van der Waals surface area contributed by atoms with Gasteiger partial charge in [0.1, 0.15) is 5.75 Å². The van der Waals surface area contributed by atoms with E-state index in [2.05, 4.69) is 26.6 Å². The lowest BCUT2D eigenvalue weighted by Crippen LogP contribution is -2.29. The quantitative estimate of drug-likeness (QED) is 0.0894. The molecule has 0 saturated heterocycles. The van der Waals surface area contributed by atoms with Crippen molar-refractivity contribution in [1.82, 2.24) is 0 Å². The maximum atomic E-state index is 11.9. The van der Waals surface area contributed by atoms with Gasteiger partial charge in [-0.15, -0.1) is 0 Å². The first-order valence-corrected chi connectivity index (χ1v) is 16.5. The van der Waals surface area contributed by atoms with Gasteiger partial charge >= 0.3 is 5.97 Å². The second kappa shape index (κ2) is 17.9. The summed E-state index contributed by atoms with van der Waals surface area (Å²) in [4.78, 5) is 11.9. The monoisotopic (exact) mass is 460 g/mol. The third-order valence-corrected chi connectivity index (χ3v) is 6.31. The van der Waals surface area contributed by atoms with Crippen LogP contribution in [0.3, 0.4) is 0 Å². The van der Waals surface area contributed by atoms with E-state index in [1.54, 1.807) is 6.08 Å². The van der Waals surface area contributed by atoms with Crippen LogP contribution in [-0.2, 0) is 9.53 Å². The van der Waals surface area contributed by atoms with E-state index in [0.717, 1.165) is 24.2 Å². The van der Waals surface area contributed by atoms with Gasteiger partial charge in [-0.2, -0.15) is 0 Å². The predicted octanol–water partition coefficient (Wildman–Crippen LogP) is 8.94. The Labute approximate surface area is 199 Å². The highest BCUT2D eigenvalue weighted by molar-refractivity contribution is 6.70. The number of esters is 1. The van der Waals surface area contributed by atoms with Crippen molar-refractivity contribution in [2.24, 2.45) is 0 Å². The van der Waals surface area contributed by atoms with Crippen LogP contribution in [-0.4, -0.2) is 20.9 Å². The second-order valence-corrected chi connectivity index (χ2v) is 14.3. The van der Waals surface area contributed by atoms with Crippen LogP contribution in [0.25, 0.3) is 6.08 Å². The van der Waals surface area contributed by atoms with Crippen LogP contribution in [0.1, 0.15) is 102 Å². The van der Waals surface area contributed by atoms with Crippen LogP contribution < -0.4 is 4.43 Å². The molecular formula is C28H48O3Si. The third kappa shape index (κ3) is 17.1. The van der Waals surface area contributed by atoms with Gasteiger partial charge in [0.05, 0.1) is 6.61 Å². The van der Waals surface area contributed by atoms with E-state index in [-0.39, 0.29) is 5.97 Å². The molecule has 0 bridgehead atoms. The number of hydrogen-bond donors (Lipinski definition) is 0. The van der Waals surface area contributed by atoms with Gasteiger partial charge in [-0.25, -0.2) is 4.79 Å². The lowest BCUT2D eigenvalue weighted by molar-refractivity contribution is -0.137. The molecule has 182 valence electrons. The molecular weight excluding hydrogens is 412 g/mol. The van der Waals surface area contributed by atoms with Crippen LogP contribution >= 0.6 is 0 Å². The normalized spacial score (nSPS) is 11.8. The first kappa shape index (κ1) is 28.5. The van der Waals surface area contributed by atoms with E-state index in [9.17, 15) is 4.79 Å². The van der Waals surface area contributed by atoms with Crippen molar-refractivity contribution in [2.75, 3.05) is 6.61 Å². The molecule has 1 aromatic carbocycles. The number of hydrogen-bond acceptors (Lipinski definition) is 3. The summed E-state index contributed by atoms with van der Waals surface area (Å²) in [5.74, 6) is 0.629. The summed E-state index contributed by atoms with van der Waals surface area (Å²) >= 11 is 0. The average molecular weight is 461 g/mol. The van der Waals surface area contributed by atoms with Gasteiger partial charge in [0, 0.05) is 6.08 Å². The molecule has 0 aliphatic carbocycles. The highest BCUT2D eigenvalue weighted by atomic mass is 28.4. The summed E-state index contributed by atoms with van der Waals surface area (Å²) in [6.07, 6.45) is 21.9. The SMILES string of the molecule is CCCCCCCCCCCCCCCCOC(=O)/C=C\c1ccc(O[Si](C)(C)C)cc1. The topological polar surface area (TPSA) is 35.5 Å². The molecule has 0 N–H and O–H groups in total. The van der Waals surface area contributed by atoms with E-state index in [1.165, 1.54) is 83.1 Å². The summed E-state index contributed by atoms with van der Waals surface area (Å²) in [5.41, 5.74) is 0.973. The third-order valence-electron chi connectivity index (χ3n) is 5.46. The van der Waals surface area contributed by atoms with Crippen molar-refractivity contribution >= 4 is 20.4 Å². The van der Waals surface area contributed by atoms with Gasteiger partial charge in [-0.3, -0.25) is 0 Å². The Morgan fingerprint density at radius 3 is 1.69 bits per heavy atom. The van der Waals surface area contributed by atoms with Crippen LogP contribution in [0.5, 0.6) is 5.75 Å². The molecule has 0 heterocycles. The number of carbonyl (C=O) groups is 1. The molecule has 32 heavy (non-hydrogen) atoms. The molecule has 0 amide bonds. The standard InChI is InChI=1S/C28H48O3Si/c1-5-6-7-8-9-10-11-12-13-14-15-16-17-18-25-30-28(29)24-21-26-19-22-27(23-20-26)31-32(2,3)4/h19-24H,5-18,25H2,1-4H3/b24-21-. The predicted molar refractivity (Wildman–Crippen MR) is 141 cm³/mol. The number of ether oxygens (including phenoxy) is 1. The maximum Gasteiger partial charge on any atom is 0.330 e. The molecule has 4 heteroatoms. The maximum absolute atomic E-state index is 11.9. The number of rotatable bonds is 19. The van der Waals surface area contributed by atoms with Gasteiger partial charge in [0.25, 0.3) is 0 Å². The smallest absolute Gasteiger partial charge is 0.330 e. The Hall–Kier alpha value is -1.55. The summed E-state index contributed by atoms with van der Waals surface area (Å²) in [6.45, 7) is 9.28. The zero-order valence-corrected chi connectivity index (χ0v) is 22.3. The van der Waals surface area contributed by atoms with Crippen LogP contribution in [0, 0.1) is 0 Å². The Bertz CT molecular complexity index is 617. The first-order valence-electron chi connectivity index (χ1n) is 13.0. The molecule has 0 spiro atoms. The minimum absolute atomic E-state index is 0.262. The Balaban J connectivity index is 1.96. The van der Waals surface area contributed by atoms with E-state index >= 15 is 0 Å². The molecule has 3 nitrogen and oxygen atoms in total. The summed E-state index contributed by atoms with van der Waals surface area (Å²) in [5, 5.41) is 0. The molecule has 0 fully saturated rings. The number of unbranched alkanes of at least 4 members (excludes halogenated alkanes) is 13. The summed E-state index contributed by atoms with van der Waals surface area (Å²) in [6, 6.07) is 7.84. The minimum atomic E-state index is -1.59. The fraction of sp³-hybridized carbons (Fsp3) is 0.679. The minimum Gasteiger partial charge on any atom is -0.544 e.